The molecule has 0 aliphatic rings. The second-order valence-electron chi connectivity index (χ2n) is 6.47. The molecule has 0 unspecified atom stereocenters. The molecule has 0 bridgehead atoms. The maximum Gasteiger partial charge on any atom is 0.0200 e. The fourth-order valence-corrected chi connectivity index (χ4v) is 3.91. The Morgan fingerprint density at radius 2 is 1.17 bits per heavy atom. The van der Waals surface area contributed by atoms with Crippen molar-refractivity contribution in [3.63, 3.8) is 0 Å². The molecule has 0 amide bonds. The lowest BCUT2D eigenvalue weighted by Crippen LogP contribution is -2.27. The lowest BCUT2D eigenvalue weighted by molar-refractivity contribution is 0.475. The van der Waals surface area contributed by atoms with E-state index in [-0.39, 0.29) is 5.41 Å². The number of benzene rings is 3. The first-order chi connectivity index (χ1) is 11.8. The Morgan fingerprint density at radius 3 is 1.79 bits per heavy atom. The van der Waals surface area contributed by atoms with Crippen LogP contribution in [-0.4, -0.2) is 0 Å². The van der Waals surface area contributed by atoms with Crippen molar-refractivity contribution in [3.8, 4) is 0 Å². The fraction of sp³-hybridized carbons (Fsp3) is 0.250. The van der Waals surface area contributed by atoms with E-state index in [9.17, 15) is 0 Å². The molecule has 0 atom stereocenters. The zero-order chi connectivity index (χ0) is 16.8. The van der Waals surface area contributed by atoms with Crippen LogP contribution in [0.5, 0.6) is 0 Å². The zero-order valence-electron chi connectivity index (χ0n) is 14.7. The van der Waals surface area contributed by atoms with E-state index >= 15 is 0 Å². The molecule has 0 saturated heterocycles. The summed E-state index contributed by atoms with van der Waals surface area (Å²) in [5.74, 6) is 0. The van der Waals surface area contributed by atoms with Gasteiger partial charge < -0.3 is 0 Å². The molecule has 3 rings (SSSR count). The van der Waals surface area contributed by atoms with Gasteiger partial charge in [-0.2, -0.15) is 0 Å². The molecule has 3 aromatic carbocycles. The third-order valence-electron chi connectivity index (χ3n) is 5.30. The Kier molecular flexibility index (Phi) is 5.15. The van der Waals surface area contributed by atoms with Crippen molar-refractivity contribution in [1.82, 2.24) is 0 Å². The summed E-state index contributed by atoms with van der Waals surface area (Å²) in [7, 11) is 0. The highest BCUT2D eigenvalue weighted by Crippen LogP contribution is 2.40. The van der Waals surface area contributed by atoms with Crippen molar-refractivity contribution in [2.75, 3.05) is 0 Å². The van der Waals surface area contributed by atoms with Crippen molar-refractivity contribution in [3.05, 3.63) is 107 Å². The maximum atomic E-state index is 2.33. The third-order valence-corrected chi connectivity index (χ3v) is 5.30. The highest BCUT2D eigenvalue weighted by atomic mass is 14.3. The van der Waals surface area contributed by atoms with Crippen molar-refractivity contribution < 1.29 is 0 Å². The molecule has 0 aromatic heterocycles. The van der Waals surface area contributed by atoms with Gasteiger partial charge in [-0.25, -0.2) is 0 Å². The molecular formula is C24H26. The monoisotopic (exact) mass is 314 g/mol. The predicted octanol–water partition coefficient (Wildman–Crippen LogP) is 6.38. The average molecular weight is 314 g/mol. The second-order valence-corrected chi connectivity index (χ2v) is 6.47. The molecule has 0 heteroatoms. The molecule has 0 saturated carbocycles. The van der Waals surface area contributed by atoms with Gasteiger partial charge in [0.05, 0.1) is 0 Å². The van der Waals surface area contributed by atoms with Crippen LogP contribution in [0.25, 0.3) is 0 Å². The van der Waals surface area contributed by atoms with E-state index in [4.69, 9.17) is 0 Å². The largest absolute Gasteiger partial charge is 0.0642 e. The van der Waals surface area contributed by atoms with E-state index in [1.165, 1.54) is 22.3 Å². The van der Waals surface area contributed by atoms with Crippen molar-refractivity contribution >= 4 is 0 Å². The van der Waals surface area contributed by atoms with Crippen molar-refractivity contribution in [2.45, 2.75) is 38.5 Å². The Labute approximate surface area is 146 Å². The first-order valence-corrected chi connectivity index (χ1v) is 8.98. The molecule has 0 nitrogen and oxygen atoms in total. The van der Waals surface area contributed by atoms with Gasteiger partial charge in [0, 0.05) is 5.41 Å². The van der Waals surface area contributed by atoms with E-state index in [0.29, 0.717) is 0 Å². The maximum absolute atomic E-state index is 2.33. The lowest BCUT2D eigenvalue weighted by Gasteiger charge is -2.35. The minimum Gasteiger partial charge on any atom is -0.0642 e. The van der Waals surface area contributed by atoms with Gasteiger partial charge in [-0.15, -0.1) is 0 Å². The highest BCUT2D eigenvalue weighted by molar-refractivity contribution is 5.45. The second kappa shape index (κ2) is 7.49. The van der Waals surface area contributed by atoms with Crippen LogP contribution in [0.1, 0.15) is 48.9 Å². The Hall–Kier alpha value is -2.34. The van der Waals surface area contributed by atoms with E-state index < -0.39 is 0 Å². The quantitative estimate of drug-likeness (QED) is 0.495. The highest BCUT2D eigenvalue weighted by Gasteiger charge is 2.32. The summed E-state index contributed by atoms with van der Waals surface area (Å²) < 4.78 is 0. The summed E-state index contributed by atoms with van der Waals surface area (Å²) in [5, 5.41) is 0. The number of hydrogen-bond donors (Lipinski definition) is 0. The van der Waals surface area contributed by atoms with E-state index in [0.717, 1.165) is 19.3 Å². The van der Waals surface area contributed by atoms with Gasteiger partial charge >= 0.3 is 0 Å². The SMILES string of the molecule is CCC(CC)(c1ccccc1)c1ccccc1Cc1ccccc1. The van der Waals surface area contributed by atoms with Gasteiger partial charge in [0.1, 0.15) is 0 Å². The van der Waals surface area contributed by atoms with Gasteiger partial charge in [-0.3, -0.25) is 0 Å². The molecule has 0 heterocycles. The van der Waals surface area contributed by atoms with Crippen molar-refractivity contribution in [1.29, 1.82) is 0 Å². The van der Waals surface area contributed by atoms with Gasteiger partial charge in [0.2, 0.25) is 0 Å². The predicted molar refractivity (Wildman–Crippen MR) is 103 cm³/mol. The number of rotatable bonds is 6. The fourth-order valence-electron chi connectivity index (χ4n) is 3.91. The van der Waals surface area contributed by atoms with Crippen molar-refractivity contribution in [2.24, 2.45) is 0 Å². The van der Waals surface area contributed by atoms with Crippen LogP contribution in [0, 0.1) is 0 Å². The van der Waals surface area contributed by atoms with Crippen LogP contribution in [0.4, 0.5) is 0 Å². The number of hydrogen-bond acceptors (Lipinski definition) is 0. The average Bonchev–Trinajstić information content (AvgIpc) is 2.66. The van der Waals surface area contributed by atoms with Crippen LogP contribution in [0.15, 0.2) is 84.9 Å². The lowest BCUT2D eigenvalue weighted by atomic mass is 9.68. The molecular weight excluding hydrogens is 288 g/mol. The van der Waals surface area contributed by atoms with Gasteiger partial charge in [-0.1, -0.05) is 98.8 Å². The topological polar surface area (TPSA) is 0 Å². The molecule has 0 aliphatic heterocycles. The molecule has 0 aliphatic carbocycles. The first kappa shape index (κ1) is 16.5. The Morgan fingerprint density at radius 1 is 0.625 bits per heavy atom. The summed E-state index contributed by atoms with van der Waals surface area (Å²) in [6.45, 7) is 4.63. The van der Waals surface area contributed by atoms with Crippen LogP contribution >= 0.6 is 0 Å². The summed E-state index contributed by atoms with van der Waals surface area (Å²) in [6, 6.07) is 30.8. The van der Waals surface area contributed by atoms with Crippen LogP contribution in [0.2, 0.25) is 0 Å². The van der Waals surface area contributed by atoms with Crippen LogP contribution < -0.4 is 0 Å². The Balaban J connectivity index is 2.09. The van der Waals surface area contributed by atoms with Crippen LogP contribution in [0.3, 0.4) is 0 Å². The molecule has 0 fully saturated rings. The minimum atomic E-state index is 0.0899. The summed E-state index contributed by atoms with van der Waals surface area (Å²) in [4.78, 5) is 0. The molecule has 0 radical (unpaired) electrons. The molecule has 122 valence electrons. The molecule has 0 N–H and O–H groups in total. The molecule has 3 aromatic rings. The van der Waals surface area contributed by atoms with E-state index in [2.05, 4.69) is 98.8 Å². The molecule has 0 spiro atoms. The zero-order valence-corrected chi connectivity index (χ0v) is 14.7. The van der Waals surface area contributed by atoms with Crippen LogP contribution in [-0.2, 0) is 11.8 Å². The first-order valence-electron chi connectivity index (χ1n) is 8.98. The normalized spacial score (nSPS) is 11.4. The van der Waals surface area contributed by atoms with E-state index in [1.807, 2.05) is 0 Å². The summed E-state index contributed by atoms with van der Waals surface area (Å²) in [5.41, 5.74) is 5.81. The minimum absolute atomic E-state index is 0.0899. The van der Waals surface area contributed by atoms with Gasteiger partial charge in [0.15, 0.2) is 0 Å². The third kappa shape index (κ3) is 3.14. The Bertz CT molecular complexity index is 752. The standard InChI is InChI=1S/C24H26/c1-3-24(4-2,22-16-9-6-10-17-22)23-18-12-11-15-21(23)19-20-13-7-5-8-14-20/h5-18H,3-4,19H2,1-2H3. The summed E-state index contributed by atoms with van der Waals surface area (Å²) in [6.07, 6.45) is 3.21. The van der Waals surface area contributed by atoms with E-state index in [1.54, 1.807) is 0 Å². The molecule has 24 heavy (non-hydrogen) atoms. The van der Waals surface area contributed by atoms with Gasteiger partial charge in [0.25, 0.3) is 0 Å². The van der Waals surface area contributed by atoms with Gasteiger partial charge in [-0.05, 0) is 41.5 Å². The smallest absolute Gasteiger partial charge is 0.0200 e. The summed E-state index contributed by atoms with van der Waals surface area (Å²) >= 11 is 0.